The number of aliphatic imine (C=N–C) groups is 1. The second-order valence-electron chi connectivity index (χ2n) is 6.90. The lowest BCUT2D eigenvalue weighted by Crippen LogP contribution is -2.42. The molecule has 0 amide bonds. The van der Waals surface area contributed by atoms with E-state index in [-0.39, 0.29) is 24.3 Å². The molecule has 2 aromatic rings. The number of hydrogen-bond donors (Lipinski definition) is 2. The number of hydrogen-bond acceptors (Lipinski definition) is 4. The standard InChI is InChI=1S/C20H25F3N4O2/c21-20(22,23)29-16-8-6-15(7-9-16)13-25-19(24)26-14-17(18-5-4-12-28-18)27-10-2-1-3-11-27/h4-9,12,17H,1-3,10-11,13-14H2,(H3,24,25,26). The van der Waals surface area contributed by atoms with Crippen molar-refractivity contribution < 1.29 is 22.3 Å². The van der Waals surface area contributed by atoms with Crippen LogP contribution in [0.2, 0.25) is 0 Å². The molecule has 9 heteroatoms. The third-order valence-corrected chi connectivity index (χ3v) is 4.77. The lowest BCUT2D eigenvalue weighted by atomic mass is 10.1. The Bertz CT molecular complexity index is 770. The van der Waals surface area contributed by atoms with Crippen LogP contribution in [0.25, 0.3) is 0 Å². The number of rotatable bonds is 7. The number of likely N-dealkylation sites (tertiary alicyclic amines) is 1. The molecule has 1 aromatic heterocycles. The first-order chi connectivity index (χ1) is 13.9. The monoisotopic (exact) mass is 410 g/mol. The molecule has 1 aliphatic rings. The molecule has 0 bridgehead atoms. The Labute approximate surface area is 167 Å². The van der Waals surface area contributed by atoms with Crippen molar-refractivity contribution >= 4 is 5.96 Å². The van der Waals surface area contributed by atoms with E-state index in [2.05, 4.69) is 19.9 Å². The summed E-state index contributed by atoms with van der Waals surface area (Å²) in [5, 5.41) is 3.13. The molecule has 0 aliphatic carbocycles. The second kappa shape index (κ2) is 9.69. The molecule has 3 N–H and O–H groups in total. The topological polar surface area (TPSA) is 76.0 Å². The number of benzene rings is 1. The van der Waals surface area contributed by atoms with Gasteiger partial charge in [-0.2, -0.15) is 0 Å². The van der Waals surface area contributed by atoms with Crippen LogP contribution in [-0.2, 0) is 6.54 Å². The molecule has 1 saturated heterocycles. The van der Waals surface area contributed by atoms with Crippen molar-refractivity contribution in [2.45, 2.75) is 38.2 Å². The van der Waals surface area contributed by atoms with Gasteiger partial charge in [-0.3, -0.25) is 4.90 Å². The van der Waals surface area contributed by atoms with Gasteiger partial charge in [0.1, 0.15) is 11.5 Å². The number of nitrogens with zero attached hydrogens (tertiary/aromatic N) is 2. The summed E-state index contributed by atoms with van der Waals surface area (Å²) in [6, 6.07) is 9.46. The summed E-state index contributed by atoms with van der Waals surface area (Å²) in [7, 11) is 0. The second-order valence-corrected chi connectivity index (χ2v) is 6.90. The molecule has 158 valence electrons. The SMILES string of the molecule is NC(=NCc1ccc(OC(F)(F)F)cc1)NCC(c1ccco1)N1CCCCC1. The van der Waals surface area contributed by atoms with Gasteiger partial charge < -0.3 is 20.2 Å². The van der Waals surface area contributed by atoms with Crippen molar-refractivity contribution in [3.8, 4) is 5.75 Å². The largest absolute Gasteiger partial charge is 0.573 e. The molecule has 1 unspecified atom stereocenters. The summed E-state index contributed by atoms with van der Waals surface area (Å²) >= 11 is 0. The quantitative estimate of drug-likeness (QED) is 0.536. The van der Waals surface area contributed by atoms with Gasteiger partial charge in [0.05, 0.1) is 18.8 Å². The predicted molar refractivity (Wildman–Crippen MR) is 103 cm³/mol. The van der Waals surface area contributed by atoms with Gasteiger partial charge >= 0.3 is 6.36 Å². The summed E-state index contributed by atoms with van der Waals surface area (Å²) in [6.07, 6.45) is 0.525. The molecule has 1 fully saturated rings. The van der Waals surface area contributed by atoms with Crippen LogP contribution in [0.5, 0.6) is 5.75 Å². The number of piperidine rings is 1. The Hall–Kier alpha value is -2.68. The average molecular weight is 410 g/mol. The van der Waals surface area contributed by atoms with Gasteiger partial charge in [-0.15, -0.1) is 13.2 Å². The van der Waals surface area contributed by atoms with Crippen molar-refractivity contribution in [3.05, 3.63) is 54.0 Å². The van der Waals surface area contributed by atoms with Gasteiger partial charge in [0.2, 0.25) is 0 Å². The summed E-state index contributed by atoms with van der Waals surface area (Å²) in [4.78, 5) is 6.65. The summed E-state index contributed by atoms with van der Waals surface area (Å²) < 4.78 is 46.1. The maximum Gasteiger partial charge on any atom is 0.573 e. The van der Waals surface area contributed by atoms with Gasteiger partial charge in [0.15, 0.2) is 5.96 Å². The zero-order chi connectivity index (χ0) is 20.7. The fourth-order valence-electron chi connectivity index (χ4n) is 3.35. The molecule has 1 aromatic carbocycles. The van der Waals surface area contributed by atoms with Crippen molar-refractivity contribution in [1.29, 1.82) is 0 Å². The number of furan rings is 1. The molecular formula is C20H25F3N4O2. The molecule has 2 heterocycles. The predicted octanol–water partition coefficient (Wildman–Crippen LogP) is 3.81. The Balaban J connectivity index is 1.54. The van der Waals surface area contributed by atoms with E-state index in [9.17, 15) is 13.2 Å². The lowest BCUT2D eigenvalue weighted by molar-refractivity contribution is -0.274. The molecular weight excluding hydrogens is 385 g/mol. The van der Waals surface area contributed by atoms with Crippen molar-refractivity contribution in [2.24, 2.45) is 10.7 Å². The molecule has 3 rings (SSSR count). The molecule has 0 spiro atoms. The first kappa shape index (κ1) is 21.0. The fourth-order valence-corrected chi connectivity index (χ4v) is 3.35. The Morgan fingerprint density at radius 1 is 1.17 bits per heavy atom. The maximum atomic E-state index is 12.2. The van der Waals surface area contributed by atoms with Crippen molar-refractivity contribution in [2.75, 3.05) is 19.6 Å². The molecule has 0 radical (unpaired) electrons. The van der Waals surface area contributed by atoms with E-state index in [1.54, 1.807) is 6.26 Å². The van der Waals surface area contributed by atoms with Crippen LogP contribution < -0.4 is 15.8 Å². The van der Waals surface area contributed by atoms with Crippen LogP contribution in [0.1, 0.15) is 36.6 Å². The zero-order valence-corrected chi connectivity index (χ0v) is 16.0. The fraction of sp³-hybridized carbons (Fsp3) is 0.450. The summed E-state index contributed by atoms with van der Waals surface area (Å²) in [6.45, 7) is 2.83. The van der Waals surface area contributed by atoms with Crippen LogP contribution in [0.4, 0.5) is 13.2 Å². The maximum absolute atomic E-state index is 12.2. The number of nitrogens with two attached hydrogens (primary N) is 1. The third kappa shape index (κ3) is 6.70. The molecule has 1 atom stereocenters. The van der Waals surface area contributed by atoms with Crippen LogP contribution >= 0.6 is 0 Å². The normalized spacial score (nSPS) is 17.1. The minimum absolute atomic E-state index is 0.0675. The first-order valence-corrected chi connectivity index (χ1v) is 9.56. The van der Waals surface area contributed by atoms with E-state index in [0.29, 0.717) is 6.54 Å². The highest BCUT2D eigenvalue weighted by Crippen LogP contribution is 2.25. The minimum atomic E-state index is -4.70. The van der Waals surface area contributed by atoms with E-state index in [0.717, 1.165) is 37.3 Å². The Kier molecular flexibility index (Phi) is 7.03. The number of nitrogens with one attached hydrogen (secondary N) is 1. The van der Waals surface area contributed by atoms with Gasteiger partial charge in [0, 0.05) is 6.54 Å². The van der Waals surface area contributed by atoms with Crippen molar-refractivity contribution in [3.63, 3.8) is 0 Å². The van der Waals surface area contributed by atoms with E-state index in [1.807, 2.05) is 12.1 Å². The third-order valence-electron chi connectivity index (χ3n) is 4.77. The average Bonchev–Trinajstić information content (AvgIpc) is 3.22. The van der Waals surface area contributed by atoms with Crippen LogP contribution in [0.15, 0.2) is 52.1 Å². The minimum Gasteiger partial charge on any atom is -0.468 e. The summed E-state index contributed by atoms with van der Waals surface area (Å²) in [5.74, 6) is 0.890. The summed E-state index contributed by atoms with van der Waals surface area (Å²) in [5.41, 5.74) is 6.71. The van der Waals surface area contributed by atoms with Crippen LogP contribution in [0, 0.1) is 0 Å². The van der Waals surface area contributed by atoms with Crippen LogP contribution in [0.3, 0.4) is 0 Å². The molecule has 1 aliphatic heterocycles. The van der Waals surface area contributed by atoms with Crippen molar-refractivity contribution in [1.82, 2.24) is 10.2 Å². The highest BCUT2D eigenvalue weighted by Gasteiger charge is 2.31. The van der Waals surface area contributed by atoms with E-state index >= 15 is 0 Å². The Morgan fingerprint density at radius 3 is 2.52 bits per heavy atom. The van der Waals surface area contributed by atoms with Gasteiger partial charge in [-0.1, -0.05) is 18.6 Å². The molecule has 6 nitrogen and oxygen atoms in total. The highest BCUT2D eigenvalue weighted by atomic mass is 19.4. The molecule has 29 heavy (non-hydrogen) atoms. The van der Waals surface area contributed by atoms with E-state index < -0.39 is 6.36 Å². The lowest BCUT2D eigenvalue weighted by Gasteiger charge is -2.33. The number of guanidine groups is 1. The van der Waals surface area contributed by atoms with Gasteiger partial charge in [-0.25, -0.2) is 4.99 Å². The zero-order valence-electron chi connectivity index (χ0n) is 16.0. The van der Waals surface area contributed by atoms with Gasteiger partial charge in [-0.05, 0) is 55.8 Å². The number of halogens is 3. The Morgan fingerprint density at radius 2 is 1.90 bits per heavy atom. The van der Waals surface area contributed by atoms with Crippen LogP contribution in [-0.4, -0.2) is 36.9 Å². The highest BCUT2D eigenvalue weighted by molar-refractivity contribution is 5.77. The van der Waals surface area contributed by atoms with E-state index in [4.69, 9.17) is 10.2 Å². The number of alkyl halides is 3. The smallest absolute Gasteiger partial charge is 0.468 e. The van der Waals surface area contributed by atoms with E-state index in [1.165, 1.54) is 30.7 Å². The van der Waals surface area contributed by atoms with Gasteiger partial charge in [0.25, 0.3) is 0 Å². The number of ether oxygens (including phenoxy) is 1. The first-order valence-electron chi connectivity index (χ1n) is 9.56. The molecule has 0 saturated carbocycles.